The van der Waals surface area contributed by atoms with E-state index in [1.54, 1.807) is 14.2 Å². The third-order valence-corrected chi connectivity index (χ3v) is 6.85. The summed E-state index contributed by atoms with van der Waals surface area (Å²) in [6.45, 7) is 0. The maximum absolute atomic E-state index is 13.0. The summed E-state index contributed by atoms with van der Waals surface area (Å²) < 4.78 is 12.4. The van der Waals surface area contributed by atoms with E-state index in [1.807, 2.05) is 53.2 Å². The molecule has 1 aromatic heterocycles. The predicted octanol–water partition coefficient (Wildman–Crippen LogP) is 4.19. The van der Waals surface area contributed by atoms with E-state index in [0.717, 1.165) is 35.5 Å². The van der Waals surface area contributed by atoms with Crippen LogP contribution < -0.4 is 14.8 Å². The number of thioether (sulfide) groups is 1. The minimum atomic E-state index is -0.302. The van der Waals surface area contributed by atoms with Crippen molar-refractivity contribution in [1.82, 2.24) is 25.5 Å². The van der Waals surface area contributed by atoms with E-state index in [2.05, 4.69) is 20.8 Å². The molecular weight excluding hydrogens is 438 g/mol. The molecule has 0 aliphatic heterocycles. The molecule has 0 spiro atoms. The molecule has 0 radical (unpaired) electrons. The first-order chi connectivity index (χ1) is 16.2. The quantitative estimate of drug-likeness (QED) is 0.472. The molecule has 0 unspecified atom stereocenters. The van der Waals surface area contributed by atoms with Gasteiger partial charge in [0.15, 0.2) is 0 Å². The van der Waals surface area contributed by atoms with Crippen LogP contribution in [0.4, 0.5) is 0 Å². The Balaban J connectivity index is 1.46. The number of rotatable bonds is 9. The fraction of sp³-hybridized carbons (Fsp3) is 0.417. The Bertz CT molecular complexity index is 986. The van der Waals surface area contributed by atoms with Gasteiger partial charge >= 0.3 is 0 Å². The molecule has 174 valence electrons. The van der Waals surface area contributed by atoms with Crippen LogP contribution >= 0.6 is 11.8 Å². The summed E-state index contributed by atoms with van der Waals surface area (Å²) in [7, 11) is 3.27. The number of hydrogen-bond donors (Lipinski definition) is 1. The maximum Gasteiger partial charge on any atom is 0.231 e. The highest BCUT2D eigenvalue weighted by atomic mass is 32.2. The standard InChI is InChI=1S/C24H29N5O3S/c1-31-20-12-8-17(9-13-20)23(18-10-14-21(32-2)15-11-18)25-22(30)16-33-24-26-27-28-29(24)19-6-4-3-5-7-19/h8-15,19,23H,3-7,16H2,1-2H3,(H,25,30). The summed E-state index contributed by atoms with van der Waals surface area (Å²) in [5.74, 6) is 1.68. The molecule has 9 heteroatoms. The minimum absolute atomic E-state index is 0.0881. The Morgan fingerprint density at radius 2 is 1.58 bits per heavy atom. The number of carbonyl (C=O) groups is 1. The molecule has 0 atom stereocenters. The molecule has 0 saturated heterocycles. The molecule has 33 heavy (non-hydrogen) atoms. The van der Waals surface area contributed by atoms with Crippen molar-refractivity contribution in [3.8, 4) is 11.5 Å². The predicted molar refractivity (Wildman–Crippen MR) is 127 cm³/mol. The van der Waals surface area contributed by atoms with Crippen LogP contribution in [0, 0.1) is 0 Å². The average molecular weight is 468 g/mol. The number of aromatic nitrogens is 4. The van der Waals surface area contributed by atoms with E-state index in [9.17, 15) is 4.79 Å². The van der Waals surface area contributed by atoms with Crippen molar-refractivity contribution in [2.24, 2.45) is 0 Å². The van der Waals surface area contributed by atoms with Crippen LogP contribution in [-0.2, 0) is 4.79 Å². The first-order valence-electron chi connectivity index (χ1n) is 11.2. The van der Waals surface area contributed by atoms with Crippen molar-refractivity contribution in [1.29, 1.82) is 0 Å². The summed E-state index contributed by atoms with van der Waals surface area (Å²) in [6.07, 6.45) is 5.83. The number of carbonyl (C=O) groups excluding carboxylic acids is 1. The molecule has 8 nitrogen and oxygen atoms in total. The number of hydrogen-bond acceptors (Lipinski definition) is 7. The Hall–Kier alpha value is -3.07. The molecule has 0 bridgehead atoms. The number of tetrazole rings is 1. The summed E-state index contributed by atoms with van der Waals surface area (Å²) in [5.41, 5.74) is 1.93. The number of nitrogens with one attached hydrogen (secondary N) is 1. The van der Waals surface area contributed by atoms with Gasteiger partial charge in [0.25, 0.3) is 0 Å². The lowest BCUT2D eigenvalue weighted by atomic mass is 9.96. The second-order valence-corrected chi connectivity index (χ2v) is 8.98. The van der Waals surface area contributed by atoms with Crippen molar-refractivity contribution < 1.29 is 14.3 Å². The molecular formula is C24H29N5O3S. The number of nitrogens with zero attached hydrogens (tertiary/aromatic N) is 4. The van der Waals surface area contributed by atoms with Crippen molar-refractivity contribution in [2.75, 3.05) is 20.0 Å². The summed E-state index contributed by atoms with van der Waals surface area (Å²) >= 11 is 1.37. The van der Waals surface area contributed by atoms with Crippen LogP contribution in [0.25, 0.3) is 0 Å². The van der Waals surface area contributed by atoms with E-state index < -0.39 is 0 Å². The van der Waals surface area contributed by atoms with Gasteiger partial charge in [-0.2, -0.15) is 0 Å². The van der Waals surface area contributed by atoms with Crippen molar-refractivity contribution in [2.45, 2.75) is 49.3 Å². The maximum atomic E-state index is 13.0. The van der Waals surface area contributed by atoms with E-state index in [0.29, 0.717) is 11.2 Å². The molecule has 1 aliphatic rings. The molecule has 4 rings (SSSR count). The van der Waals surface area contributed by atoms with Crippen LogP contribution in [0.2, 0.25) is 0 Å². The Morgan fingerprint density at radius 1 is 1.00 bits per heavy atom. The normalized spacial score (nSPS) is 14.3. The third kappa shape index (κ3) is 5.84. The lowest BCUT2D eigenvalue weighted by molar-refractivity contribution is -0.119. The molecule has 1 fully saturated rings. The van der Waals surface area contributed by atoms with E-state index in [1.165, 1.54) is 31.0 Å². The highest BCUT2D eigenvalue weighted by Gasteiger charge is 2.22. The number of methoxy groups -OCH3 is 2. The third-order valence-electron chi connectivity index (χ3n) is 5.92. The van der Waals surface area contributed by atoms with Crippen molar-refractivity contribution in [3.05, 3.63) is 59.7 Å². The Morgan fingerprint density at radius 3 is 2.12 bits per heavy atom. The van der Waals surface area contributed by atoms with Gasteiger partial charge in [-0.15, -0.1) is 5.10 Å². The molecule has 1 N–H and O–H groups in total. The SMILES string of the molecule is COc1ccc(C(NC(=O)CSc2nnnn2C2CCCCC2)c2ccc(OC)cc2)cc1. The Labute approximate surface area is 198 Å². The number of ether oxygens (including phenoxy) is 2. The topological polar surface area (TPSA) is 91.2 Å². The second kappa shape index (κ2) is 11.2. The van der Waals surface area contributed by atoms with Crippen LogP contribution in [0.15, 0.2) is 53.7 Å². The van der Waals surface area contributed by atoms with Crippen LogP contribution in [-0.4, -0.2) is 46.1 Å². The first kappa shape index (κ1) is 23.1. The Kier molecular flexibility index (Phi) is 7.83. The summed E-state index contributed by atoms with van der Waals surface area (Å²) in [6, 6.07) is 15.5. The van der Waals surface area contributed by atoms with Crippen molar-refractivity contribution >= 4 is 17.7 Å². The lowest BCUT2D eigenvalue weighted by Crippen LogP contribution is -2.30. The minimum Gasteiger partial charge on any atom is -0.497 e. The van der Waals surface area contributed by atoms with Gasteiger partial charge in [0.2, 0.25) is 11.1 Å². The smallest absolute Gasteiger partial charge is 0.231 e. The number of amides is 1. The van der Waals surface area contributed by atoms with Crippen LogP contribution in [0.3, 0.4) is 0 Å². The molecule has 2 aromatic carbocycles. The van der Waals surface area contributed by atoms with Gasteiger partial charge in [0, 0.05) is 0 Å². The average Bonchev–Trinajstić information content (AvgIpc) is 3.35. The van der Waals surface area contributed by atoms with Gasteiger partial charge in [0.05, 0.1) is 32.1 Å². The first-order valence-corrected chi connectivity index (χ1v) is 12.1. The van der Waals surface area contributed by atoms with Crippen LogP contribution in [0.5, 0.6) is 11.5 Å². The number of benzene rings is 2. The van der Waals surface area contributed by atoms with E-state index in [4.69, 9.17) is 9.47 Å². The van der Waals surface area contributed by atoms with Gasteiger partial charge < -0.3 is 14.8 Å². The molecule has 1 heterocycles. The molecule has 1 amide bonds. The molecule has 1 aliphatic carbocycles. The largest absolute Gasteiger partial charge is 0.497 e. The van der Waals surface area contributed by atoms with Gasteiger partial charge in [-0.25, -0.2) is 4.68 Å². The zero-order valence-corrected chi connectivity index (χ0v) is 19.8. The van der Waals surface area contributed by atoms with Gasteiger partial charge in [-0.05, 0) is 58.7 Å². The van der Waals surface area contributed by atoms with Gasteiger partial charge in [-0.3, -0.25) is 4.79 Å². The van der Waals surface area contributed by atoms with E-state index in [-0.39, 0.29) is 17.7 Å². The van der Waals surface area contributed by atoms with Crippen molar-refractivity contribution in [3.63, 3.8) is 0 Å². The summed E-state index contributed by atoms with van der Waals surface area (Å²) in [4.78, 5) is 13.0. The highest BCUT2D eigenvalue weighted by Crippen LogP contribution is 2.30. The molecule has 1 saturated carbocycles. The second-order valence-electron chi connectivity index (χ2n) is 8.03. The van der Waals surface area contributed by atoms with Gasteiger partial charge in [0.1, 0.15) is 11.5 Å². The molecule has 3 aromatic rings. The van der Waals surface area contributed by atoms with Gasteiger partial charge in [-0.1, -0.05) is 55.3 Å². The monoisotopic (exact) mass is 467 g/mol. The fourth-order valence-corrected chi connectivity index (χ4v) is 4.88. The summed E-state index contributed by atoms with van der Waals surface area (Å²) in [5, 5.41) is 16.1. The zero-order chi connectivity index (χ0) is 23.0. The fourth-order valence-electron chi connectivity index (χ4n) is 4.12. The van der Waals surface area contributed by atoms with E-state index >= 15 is 0 Å². The lowest BCUT2D eigenvalue weighted by Gasteiger charge is -2.22. The zero-order valence-electron chi connectivity index (χ0n) is 18.9. The highest BCUT2D eigenvalue weighted by molar-refractivity contribution is 7.99. The van der Waals surface area contributed by atoms with Crippen LogP contribution in [0.1, 0.15) is 55.3 Å².